The zero-order valence-electron chi connectivity index (χ0n) is 37.7. The van der Waals surface area contributed by atoms with Crippen molar-refractivity contribution in [3.05, 3.63) is 242 Å². The van der Waals surface area contributed by atoms with E-state index in [4.69, 9.17) is 21.5 Å². The Morgan fingerprint density at radius 2 is 0.700 bits per heavy atom. The standard InChI is InChI=1S/C66H38N4/c1-67-47-31-33-51(60(39-47)46-21-10-20-44(37-46)42-18-9-19-43(36-42)45-30-32-52-53-26-11-16-40-17-12-27-56(62(40)53)61(52)38-45)50-24-7-8-25-58(50)65-68-64(41-14-3-2-4-15-41)69-66(70-65)59-35-34-57-49-23-6-5-22-48(49)54-28-13-29-55(59)63(54)57/h2-39H. The first-order valence-corrected chi connectivity index (χ1v) is 23.6. The van der Waals surface area contributed by atoms with Gasteiger partial charge in [-0.05, 0) is 141 Å². The molecular weight excluding hydrogens is 849 g/mol. The highest BCUT2D eigenvalue weighted by atomic mass is 15.0. The molecule has 11 aromatic carbocycles. The summed E-state index contributed by atoms with van der Waals surface area (Å²) in [6, 6.07) is 81.6. The van der Waals surface area contributed by atoms with E-state index >= 15 is 0 Å². The van der Waals surface area contributed by atoms with Crippen LogP contribution in [0, 0.1) is 6.57 Å². The molecule has 2 aliphatic carbocycles. The van der Waals surface area contributed by atoms with Crippen molar-refractivity contribution in [2.24, 2.45) is 0 Å². The molecule has 0 aliphatic heterocycles. The molecule has 70 heavy (non-hydrogen) atoms. The smallest absolute Gasteiger partial charge is 0.187 e. The second kappa shape index (κ2) is 15.8. The molecule has 0 N–H and O–H groups in total. The maximum Gasteiger partial charge on any atom is 0.187 e. The van der Waals surface area contributed by atoms with Crippen LogP contribution in [0.25, 0.3) is 150 Å². The molecule has 0 bridgehead atoms. The lowest BCUT2D eigenvalue weighted by atomic mass is 9.89. The molecule has 0 amide bonds. The van der Waals surface area contributed by atoms with Crippen LogP contribution in [0.15, 0.2) is 231 Å². The van der Waals surface area contributed by atoms with Crippen molar-refractivity contribution in [1.82, 2.24) is 15.0 Å². The molecule has 0 atom stereocenters. The predicted octanol–water partition coefficient (Wildman–Crippen LogP) is 17.7. The molecule has 0 unspecified atom stereocenters. The van der Waals surface area contributed by atoms with Gasteiger partial charge in [0.15, 0.2) is 23.2 Å². The Morgan fingerprint density at radius 3 is 1.41 bits per heavy atom. The summed E-state index contributed by atoms with van der Waals surface area (Å²) in [5.74, 6) is 1.78. The molecular formula is C66H38N4. The zero-order valence-corrected chi connectivity index (χ0v) is 37.7. The van der Waals surface area contributed by atoms with Crippen molar-refractivity contribution in [3.8, 4) is 123 Å². The van der Waals surface area contributed by atoms with Gasteiger partial charge in [-0.25, -0.2) is 19.8 Å². The van der Waals surface area contributed by atoms with E-state index in [1.807, 2.05) is 48.5 Å². The average molecular weight is 887 g/mol. The Morgan fingerprint density at radius 1 is 0.257 bits per heavy atom. The van der Waals surface area contributed by atoms with E-state index < -0.39 is 0 Å². The normalized spacial score (nSPS) is 11.7. The maximum atomic E-state index is 8.09. The SMILES string of the molecule is [C-]#[N+]c1ccc(-c2ccccc2-c2nc(-c3ccccc3)nc(-c3ccc4c5c(cccc35)-c3ccccc3-4)n2)c(-c2cccc(-c3cccc(-c4ccc5c(c4)-c4cccc6cccc-5c46)c3)c2)c1. The maximum absolute atomic E-state index is 8.09. The lowest BCUT2D eigenvalue weighted by Crippen LogP contribution is -2.01. The number of hydrogen-bond acceptors (Lipinski definition) is 3. The third-order valence-electron chi connectivity index (χ3n) is 14.3. The number of hydrogen-bond donors (Lipinski definition) is 0. The number of fused-ring (bicyclic) bond motifs is 6. The van der Waals surface area contributed by atoms with E-state index in [2.05, 4.69) is 187 Å². The quantitative estimate of drug-likeness (QED) is 0.150. The van der Waals surface area contributed by atoms with Gasteiger partial charge in [-0.1, -0.05) is 200 Å². The third kappa shape index (κ3) is 6.26. The van der Waals surface area contributed by atoms with Gasteiger partial charge in [-0.2, -0.15) is 0 Å². The van der Waals surface area contributed by atoms with Crippen molar-refractivity contribution >= 4 is 27.2 Å². The number of rotatable bonds is 7. The van der Waals surface area contributed by atoms with E-state index in [0.717, 1.165) is 61.0 Å². The van der Waals surface area contributed by atoms with Gasteiger partial charge in [-0.3, -0.25) is 0 Å². The Bertz CT molecular complexity index is 4160. The Labute approximate surface area is 405 Å². The Balaban J connectivity index is 0.878. The highest BCUT2D eigenvalue weighted by molar-refractivity contribution is 6.19. The minimum atomic E-state index is 0.570. The second-order valence-electron chi connectivity index (χ2n) is 18.1. The summed E-state index contributed by atoms with van der Waals surface area (Å²) in [5, 5.41) is 4.93. The molecule has 2 aliphatic rings. The molecule has 4 heteroatoms. The highest BCUT2D eigenvalue weighted by Crippen LogP contribution is 2.51. The van der Waals surface area contributed by atoms with E-state index in [1.54, 1.807) is 0 Å². The number of benzene rings is 11. The summed E-state index contributed by atoms with van der Waals surface area (Å²) in [5.41, 5.74) is 21.9. The fraction of sp³-hybridized carbons (Fsp3) is 0. The van der Waals surface area contributed by atoms with Gasteiger partial charge in [0.2, 0.25) is 0 Å². The summed E-state index contributed by atoms with van der Waals surface area (Å²) in [6.07, 6.45) is 0. The first kappa shape index (κ1) is 39.6. The zero-order chi connectivity index (χ0) is 46.3. The van der Waals surface area contributed by atoms with E-state index in [0.29, 0.717) is 23.2 Å². The van der Waals surface area contributed by atoms with E-state index in [-0.39, 0.29) is 0 Å². The fourth-order valence-electron chi connectivity index (χ4n) is 11.0. The van der Waals surface area contributed by atoms with Crippen molar-refractivity contribution in [2.45, 2.75) is 0 Å². The van der Waals surface area contributed by atoms with Crippen LogP contribution < -0.4 is 0 Å². The van der Waals surface area contributed by atoms with E-state index in [9.17, 15) is 0 Å². The lowest BCUT2D eigenvalue weighted by Gasteiger charge is -2.17. The summed E-state index contributed by atoms with van der Waals surface area (Å²) >= 11 is 0. The molecule has 1 aromatic heterocycles. The van der Waals surface area contributed by atoms with Gasteiger partial charge in [0.05, 0.1) is 6.57 Å². The summed E-state index contributed by atoms with van der Waals surface area (Å²) in [4.78, 5) is 19.7. The Kier molecular flexibility index (Phi) is 8.92. The van der Waals surface area contributed by atoms with Crippen LogP contribution in [0.1, 0.15) is 0 Å². The molecule has 0 saturated heterocycles. The van der Waals surface area contributed by atoms with Crippen molar-refractivity contribution in [3.63, 3.8) is 0 Å². The first-order valence-electron chi connectivity index (χ1n) is 23.6. The summed E-state index contributed by atoms with van der Waals surface area (Å²) in [7, 11) is 0. The van der Waals surface area contributed by atoms with Crippen LogP contribution in [-0.2, 0) is 0 Å². The second-order valence-corrected chi connectivity index (χ2v) is 18.1. The molecule has 0 saturated carbocycles. The van der Waals surface area contributed by atoms with Crippen LogP contribution in [-0.4, -0.2) is 15.0 Å². The van der Waals surface area contributed by atoms with Crippen molar-refractivity contribution in [2.75, 3.05) is 0 Å². The molecule has 322 valence electrons. The Hall–Kier alpha value is -9.56. The minimum absolute atomic E-state index is 0.570. The molecule has 14 rings (SSSR count). The largest absolute Gasteiger partial charge is 0.238 e. The monoisotopic (exact) mass is 886 g/mol. The third-order valence-corrected chi connectivity index (χ3v) is 14.3. The highest BCUT2D eigenvalue weighted by Gasteiger charge is 2.25. The predicted molar refractivity (Wildman–Crippen MR) is 288 cm³/mol. The van der Waals surface area contributed by atoms with Gasteiger partial charge in [-0.15, -0.1) is 0 Å². The molecule has 1 heterocycles. The average Bonchev–Trinajstić information content (AvgIpc) is 3.94. The molecule has 0 fully saturated rings. The lowest BCUT2D eigenvalue weighted by molar-refractivity contribution is 1.08. The molecule has 12 aromatic rings. The van der Waals surface area contributed by atoms with Gasteiger partial charge in [0.25, 0.3) is 0 Å². The van der Waals surface area contributed by atoms with Gasteiger partial charge in [0.1, 0.15) is 0 Å². The first-order chi connectivity index (χ1) is 34.6. The molecule has 0 spiro atoms. The fourth-order valence-corrected chi connectivity index (χ4v) is 11.0. The van der Waals surface area contributed by atoms with Crippen molar-refractivity contribution < 1.29 is 0 Å². The van der Waals surface area contributed by atoms with Gasteiger partial charge >= 0.3 is 0 Å². The topological polar surface area (TPSA) is 43.0 Å². The van der Waals surface area contributed by atoms with Gasteiger partial charge < -0.3 is 0 Å². The number of aromatic nitrogens is 3. The number of nitrogens with zero attached hydrogens (tertiary/aromatic N) is 4. The molecule has 0 radical (unpaired) electrons. The van der Waals surface area contributed by atoms with Crippen LogP contribution in [0.4, 0.5) is 5.69 Å². The van der Waals surface area contributed by atoms with Gasteiger partial charge in [0, 0.05) is 16.7 Å². The van der Waals surface area contributed by atoms with Crippen LogP contribution in [0.3, 0.4) is 0 Å². The molecule has 4 nitrogen and oxygen atoms in total. The minimum Gasteiger partial charge on any atom is -0.238 e. The summed E-state index contributed by atoms with van der Waals surface area (Å²) in [6.45, 7) is 8.09. The van der Waals surface area contributed by atoms with Crippen molar-refractivity contribution in [1.29, 1.82) is 0 Å². The van der Waals surface area contributed by atoms with Crippen LogP contribution >= 0.6 is 0 Å². The summed E-state index contributed by atoms with van der Waals surface area (Å²) < 4.78 is 0. The van der Waals surface area contributed by atoms with Crippen LogP contribution in [0.5, 0.6) is 0 Å². The van der Waals surface area contributed by atoms with E-state index in [1.165, 1.54) is 66.2 Å². The van der Waals surface area contributed by atoms with Crippen LogP contribution in [0.2, 0.25) is 0 Å².